The number of rotatable bonds is 8. The Kier molecular flexibility index (Phi) is 8.01. The molecular weight excluding hydrogens is 188 g/mol. The van der Waals surface area contributed by atoms with E-state index in [1.807, 2.05) is 0 Å². The molecule has 0 heterocycles. The minimum atomic E-state index is -0.0440. The van der Waals surface area contributed by atoms with E-state index in [1.165, 1.54) is 0 Å². The van der Waals surface area contributed by atoms with Crippen LogP contribution in [0.4, 0.5) is 0 Å². The van der Waals surface area contributed by atoms with Gasteiger partial charge in [0.25, 0.3) is 0 Å². The molecule has 15 heavy (non-hydrogen) atoms. The third-order valence-electron chi connectivity index (χ3n) is 2.45. The Morgan fingerprint density at radius 3 is 2.33 bits per heavy atom. The highest BCUT2D eigenvalue weighted by Gasteiger charge is 2.02. The van der Waals surface area contributed by atoms with Crippen molar-refractivity contribution >= 4 is 5.91 Å². The fourth-order valence-corrected chi connectivity index (χ4v) is 1.32. The minimum absolute atomic E-state index is 0.0440. The Balaban J connectivity index is 3.39. The summed E-state index contributed by atoms with van der Waals surface area (Å²) in [7, 11) is 0. The molecule has 1 amide bonds. The molecule has 0 saturated heterocycles. The molecule has 0 saturated carbocycles. The Bertz CT molecular complexity index is 198. The summed E-state index contributed by atoms with van der Waals surface area (Å²) in [5.41, 5.74) is 0.572. The molecule has 0 aromatic rings. The van der Waals surface area contributed by atoms with E-state index in [1.54, 1.807) is 6.92 Å². The van der Waals surface area contributed by atoms with Gasteiger partial charge in [-0.3, -0.25) is 4.79 Å². The van der Waals surface area contributed by atoms with Gasteiger partial charge in [0, 0.05) is 18.2 Å². The number of carbonyl (C=O) groups is 1. The van der Waals surface area contributed by atoms with Gasteiger partial charge in [-0.2, -0.15) is 0 Å². The molecular formula is C12H24N2O. The van der Waals surface area contributed by atoms with Crippen molar-refractivity contribution < 1.29 is 4.79 Å². The van der Waals surface area contributed by atoms with Crippen molar-refractivity contribution in [3.8, 4) is 0 Å². The van der Waals surface area contributed by atoms with Gasteiger partial charge in [-0.15, -0.1) is 0 Å². The van der Waals surface area contributed by atoms with E-state index in [0.29, 0.717) is 11.6 Å². The topological polar surface area (TPSA) is 41.1 Å². The molecule has 88 valence electrons. The van der Waals surface area contributed by atoms with E-state index in [9.17, 15) is 4.79 Å². The molecule has 0 aliphatic carbocycles. The zero-order chi connectivity index (χ0) is 11.7. The molecule has 0 aromatic heterocycles. The van der Waals surface area contributed by atoms with Crippen LogP contribution in [-0.4, -0.2) is 25.0 Å². The fraction of sp³-hybridized carbons (Fsp3) is 0.750. The highest BCUT2D eigenvalue weighted by atomic mass is 16.1. The highest BCUT2D eigenvalue weighted by Crippen LogP contribution is 1.95. The lowest BCUT2D eigenvalue weighted by atomic mass is 10.2. The molecule has 0 aliphatic rings. The maximum Gasteiger partial charge on any atom is 0.246 e. The number of hydrogen-bond donors (Lipinski definition) is 2. The van der Waals surface area contributed by atoms with E-state index in [2.05, 4.69) is 31.1 Å². The van der Waals surface area contributed by atoms with Crippen LogP contribution in [-0.2, 0) is 4.79 Å². The Morgan fingerprint density at radius 1 is 1.27 bits per heavy atom. The van der Waals surface area contributed by atoms with Crippen LogP contribution in [0, 0.1) is 0 Å². The smallest absolute Gasteiger partial charge is 0.246 e. The lowest BCUT2D eigenvalue weighted by Gasteiger charge is -2.14. The van der Waals surface area contributed by atoms with Crippen LogP contribution in [0.2, 0.25) is 0 Å². The quantitative estimate of drug-likeness (QED) is 0.476. The molecule has 0 radical (unpaired) electrons. The number of hydrogen-bond acceptors (Lipinski definition) is 2. The van der Waals surface area contributed by atoms with Crippen LogP contribution < -0.4 is 10.6 Å². The first-order valence-corrected chi connectivity index (χ1v) is 5.78. The molecule has 0 rings (SSSR count). The predicted molar refractivity (Wildman–Crippen MR) is 64.8 cm³/mol. The number of nitrogens with one attached hydrogen (secondary N) is 2. The van der Waals surface area contributed by atoms with Gasteiger partial charge in [0.1, 0.15) is 0 Å². The number of amides is 1. The van der Waals surface area contributed by atoms with Gasteiger partial charge in [-0.05, 0) is 32.7 Å². The Morgan fingerprint density at radius 2 is 1.87 bits per heavy atom. The van der Waals surface area contributed by atoms with Crippen molar-refractivity contribution in [2.75, 3.05) is 13.1 Å². The molecule has 0 aromatic carbocycles. The Hall–Kier alpha value is -0.830. The zero-order valence-electron chi connectivity index (χ0n) is 10.2. The monoisotopic (exact) mass is 212 g/mol. The average Bonchev–Trinajstić information content (AvgIpc) is 2.23. The van der Waals surface area contributed by atoms with E-state index >= 15 is 0 Å². The van der Waals surface area contributed by atoms with Crippen molar-refractivity contribution in [3.63, 3.8) is 0 Å². The summed E-state index contributed by atoms with van der Waals surface area (Å²) < 4.78 is 0. The van der Waals surface area contributed by atoms with Crippen molar-refractivity contribution in [2.45, 2.75) is 46.1 Å². The highest BCUT2D eigenvalue weighted by molar-refractivity contribution is 5.91. The standard InChI is InChI=1S/C12H24N2O/c1-5-11(6-2)13-8-7-9-14-12(15)10(3)4/h11,13H,3,5-9H2,1-2,4H3,(H,14,15). The van der Waals surface area contributed by atoms with Gasteiger partial charge >= 0.3 is 0 Å². The first-order valence-electron chi connectivity index (χ1n) is 5.78. The van der Waals surface area contributed by atoms with Gasteiger partial charge < -0.3 is 10.6 Å². The fourth-order valence-electron chi connectivity index (χ4n) is 1.32. The van der Waals surface area contributed by atoms with Gasteiger partial charge in [0.05, 0.1) is 0 Å². The van der Waals surface area contributed by atoms with Crippen LogP contribution in [0.3, 0.4) is 0 Å². The summed E-state index contributed by atoms with van der Waals surface area (Å²) in [5, 5.41) is 6.26. The summed E-state index contributed by atoms with van der Waals surface area (Å²) in [6.45, 7) is 11.4. The summed E-state index contributed by atoms with van der Waals surface area (Å²) in [4.78, 5) is 11.1. The van der Waals surface area contributed by atoms with E-state index in [4.69, 9.17) is 0 Å². The van der Waals surface area contributed by atoms with E-state index in [-0.39, 0.29) is 5.91 Å². The summed E-state index contributed by atoms with van der Waals surface area (Å²) >= 11 is 0. The largest absolute Gasteiger partial charge is 0.352 e. The zero-order valence-corrected chi connectivity index (χ0v) is 10.2. The van der Waals surface area contributed by atoms with Crippen molar-refractivity contribution in [3.05, 3.63) is 12.2 Å². The van der Waals surface area contributed by atoms with Gasteiger partial charge in [0.2, 0.25) is 5.91 Å². The first-order chi connectivity index (χ1) is 7.11. The predicted octanol–water partition coefficient (Wildman–Crippen LogP) is 1.85. The molecule has 0 atom stereocenters. The van der Waals surface area contributed by atoms with E-state index in [0.717, 1.165) is 32.4 Å². The second-order valence-corrected chi connectivity index (χ2v) is 3.86. The van der Waals surface area contributed by atoms with Crippen molar-refractivity contribution in [1.29, 1.82) is 0 Å². The Labute approximate surface area is 93.3 Å². The maximum absolute atomic E-state index is 11.1. The molecule has 0 bridgehead atoms. The van der Waals surface area contributed by atoms with Crippen LogP contribution >= 0.6 is 0 Å². The minimum Gasteiger partial charge on any atom is -0.352 e. The summed E-state index contributed by atoms with van der Waals surface area (Å²) in [5.74, 6) is -0.0440. The molecule has 0 unspecified atom stereocenters. The second kappa shape index (κ2) is 8.48. The summed E-state index contributed by atoms with van der Waals surface area (Å²) in [6, 6.07) is 0.613. The SMILES string of the molecule is C=C(C)C(=O)NCCCNC(CC)CC. The molecule has 0 aliphatic heterocycles. The van der Waals surface area contributed by atoms with Gasteiger partial charge in [-0.25, -0.2) is 0 Å². The number of carbonyl (C=O) groups excluding carboxylic acids is 1. The van der Waals surface area contributed by atoms with Crippen LogP contribution in [0.25, 0.3) is 0 Å². The maximum atomic E-state index is 11.1. The average molecular weight is 212 g/mol. The van der Waals surface area contributed by atoms with Crippen molar-refractivity contribution in [1.82, 2.24) is 10.6 Å². The first kappa shape index (κ1) is 14.2. The lowest BCUT2D eigenvalue weighted by molar-refractivity contribution is -0.117. The van der Waals surface area contributed by atoms with Gasteiger partial charge in [0.15, 0.2) is 0 Å². The second-order valence-electron chi connectivity index (χ2n) is 3.86. The van der Waals surface area contributed by atoms with Crippen LogP contribution in [0.15, 0.2) is 12.2 Å². The van der Waals surface area contributed by atoms with Gasteiger partial charge in [-0.1, -0.05) is 20.4 Å². The van der Waals surface area contributed by atoms with Crippen LogP contribution in [0.5, 0.6) is 0 Å². The molecule has 0 fully saturated rings. The third kappa shape index (κ3) is 7.14. The third-order valence-corrected chi connectivity index (χ3v) is 2.45. The van der Waals surface area contributed by atoms with Crippen LogP contribution in [0.1, 0.15) is 40.0 Å². The normalized spacial score (nSPS) is 10.4. The molecule has 2 N–H and O–H groups in total. The summed E-state index contributed by atoms with van der Waals surface area (Å²) in [6.07, 6.45) is 3.29. The molecule has 3 nitrogen and oxygen atoms in total. The molecule has 3 heteroatoms. The lowest BCUT2D eigenvalue weighted by Crippen LogP contribution is -2.32. The van der Waals surface area contributed by atoms with Crippen molar-refractivity contribution in [2.24, 2.45) is 0 Å². The van der Waals surface area contributed by atoms with E-state index < -0.39 is 0 Å². The molecule has 0 spiro atoms.